The fourth-order valence-corrected chi connectivity index (χ4v) is 4.53. The van der Waals surface area contributed by atoms with Crippen LogP contribution in [0.5, 0.6) is 5.75 Å². The standard InChI is InChI=1S/C23H26N4O2S/c1-16-6-5-7-17(14-16)22-25-26-23(27(22)19-10-12-20(29-2)13-11-19)30-15-21(28)24-18-8-3-4-9-18/h5-7,10-14,18H,3-4,8-9,15H2,1-2H3,(H,24,28). The van der Waals surface area contributed by atoms with Crippen LogP contribution in [0.25, 0.3) is 17.1 Å². The number of carbonyl (C=O) groups is 1. The van der Waals surface area contributed by atoms with E-state index in [0.29, 0.717) is 17.0 Å². The van der Waals surface area contributed by atoms with E-state index in [9.17, 15) is 4.79 Å². The van der Waals surface area contributed by atoms with E-state index in [1.807, 2.05) is 41.0 Å². The van der Waals surface area contributed by atoms with Gasteiger partial charge in [0.25, 0.3) is 0 Å². The van der Waals surface area contributed by atoms with Gasteiger partial charge in [0.05, 0.1) is 12.9 Å². The highest BCUT2D eigenvalue weighted by molar-refractivity contribution is 7.99. The quantitative estimate of drug-likeness (QED) is 0.572. The molecule has 30 heavy (non-hydrogen) atoms. The van der Waals surface area contributed by atoms with E-state index >= 15 is 0 Å². The fourth-order valence-electron chi connectivity index (χ4n) is 3.77. The Balaban J connectivity index is 1.61. The molecule has 1 amide bonds. The molecule has 0 aliphatic heterocycles. The summed E-state index contributed by atoms with van der Waals surface area (Å²) < 4.78 is 7.29. The fraction of sp³-hybridized carbons (Fsp3) is 0.348. The SMILES string of the molecule is COc1ccc(-n2c(SCC(=O)NC3CCCC3)nnc2-c2cccc(C)c2)cc1. The molecule has 0 unspecified atom stereocenters. The molecule has 0 atom stereocenters. The predicted octanol–water partition coefficient (Wildman–Crippen LogP) is 4.40. The number of thioether (sulfide) groups is 1. The maximum atomic E-state index is 12.4. The highest BCUT2D eigenvalue weighted by Gasteiger charge is 2.20. The number of carbonyl (C=O) groups excluding carboxylic acids is 1. The second-order valence-electron chi connectivity index (χ2n) is 7.55. The highest BCUT2D eigenvalue weighted by Crippen LogP contribution is 2.29. The molecule has 1 N–H and O–H groups in total. The van der Waals surface area contributed by atoms with Gasteiger partial charge in [-0.2, -0.15) is 0 Å². The molecule has 7 heteroatoms. The Morgan fingerprint density at radius 1 is 1.17 bits per heavy atom. The van der Waals surface area contributed by atoms with Crippen LogP contribution in [0.3, 0.4) is 0 Å². The lowest BCUT2D eigenvalue weighted by molar-refractivity contribution is -0.119. The number of amides is 1. The van der Waals surface area contributed by atoms with Crippen molar-refractivity contribution in [2.24, 2.45) is 0 Å². The zero-order valence-electron chi connectivity index (χ0n) is 17.3. The summed E-state index contributed by atoms with van der Waals surface area (Å²) in [6, 6.07) is 16.3. The maximum Gasteiger partial charge on any atom is 0.230 e. The minimum Gasteiger partial charge on any atom is -0.497 e. The monoisotopic (exact) mass is 422 g/mol. The van der Waals surface area contributed by atoms with E-state index in [1.165, 1.54) is 24.6 Å². The Morgan fingerprint density at radius 3 is 2.63 bits per heavy atom. The lowest BCUT2D eigenvalue weighted by atomic mass is 10.1. The summed E-state index contributed by atoms with van der Waals surface area (Å²) in [4.78, 5) is 12.4. The molecule has 1 fully saturated rings. The largest absolute Gasteiger partial charge is 0.497 e. The molecular weight excluding hydrogens is 396 g/mol. The number of hydrogen-bond acceptors (Lipinski definition) is 5. The molecule has 0 spiro atoms. The topological polar surface area (TPSA) is 69.0 Å². The van der Waals surface area contributed by atoms with Crippen LogP contribution in [0, 0.1) is 6.92 Å². The highest BCUT2D eigenvalue weighted by atomic mass is 32.2. The van der Waals surface area contributed by atoms with Crippen molar-refractivity contribution in [3.05, 3.63) is 54.1 Å². The molecule has 4 rings (SSSR count). The minimum absolute atomic E-state index is 0.0493. The van der Waals surface area contributed by atoms with Gasteiger partial charge in [0.2, 0.25) is 5.91 Å². The van der Waals surface area contributed by atoms with Gasteiger partial charge in [0, 0.05) is 17.3 Å². The minimum atomic E-state index is 0.0493. The number of ether oxygens (including phenoxy) is 1. The number of benzene rings is 2. The maximum absolute atomic E-state index is 12.4. The van der Waals surface area contributed by atoms with Crippen LogP contribution < -0.4 is 10.1 Å². The molecule has 1 heterocycles. The van der Waals surface area contributed by atoms with Crippen LogP contribution in [-0.4, -0.2) is 39.6 Å². The third kappa shape index (κ3) is 4.67. The van der Waals surface area contributed by atoms with Crippen LogP contribution in [0.2, 0.25) is 0 Å². The molecule has 0 radical (unpaired) electrons. The second-order valence-corrected chi connectivity index (χ2v) is 8.49. The summed E-state index contributed by atoms with van der Waals surface area (Å²) in [6.07, 6.45) is 4.55. The Bertz CT molecular complexity index is 1010. The van der Waals surface area contributed by atoms with Crippen LogP contribution in [0.4, 0.5) is 0 Å². The smallest absolute Gasteiger partial charge is 0.230 e. The van der Waals surface area contributed by atoms with E-state index in [1.54, 1.807) is 7.11 Å². The van der Waals surface area contributed by atoms with Crippen molar-refractivity contribution in [3.63, 3.8) is 0 Å². The van der Waals surface area contributed by atoms with Gasteiger partial charge in [0.15, 0.2) is 11.0 Å². The van der Waals surface area contributed by atoms with Crippen LogP contribution in [-0.2, 0) is 4.79 Å². The lowest BCUT2D eigenvalue weighted by Gasteiger charge is -2.13. The summed E-state index contributed by atoms with van der Waals surface area (Å²) in [5, 5.41) is 12.7. The van der Waals surface area contributed by atoms with E-state index in [4.69, 9.17) is 4.74 Å². The molecule has 0 bridgehead atoms. The molecule has 0 saturated heterocycles. The van der Waals surface area contributed by atoms with E-state index in [-0.39, 0.29) is 5.91 Å². The summed E-state index contributed by atoms with van der Waals surface area (Å²) >= 11 is 1.41. The van der Waals surface area contributed by atoms with E-state index in [0.717, 1.165) is 41.2 Å². The zero-order valence-corrected chi connectivity index (χ0v) is 18.1. The molecule has 3 aromatic rings. The molecule has 1 aliphatic carbocycles. The van der Waals surface area contributed by atoms with E-state index in [2.05, 4.69) is 34.6 Å². The number of nitrogens with zero attached hydrogens (tertiary/aromatic N) is 3. The van der Waals surface area contributed by atoms with Crippen molar-refractivity contribution in [1.29, 1.82) is 0 Å². The zero-order chi connectivity index (χ0) is 20.9. The third-order valence-corrected chi connectivity index (χ3v) is 6.22. The van der Waals surface area contributed by atoms with Crippen molar-refractivity contribution < 1.29 is 9.53 Å². The number of nitrogens with one attached hydrogen (secondary N) is 1. The average Bonchev–Trinajstić information content (AvgIpc) is 3.42. The molecule has 1 aromatic heterocycles. The van der Waals surface area contributed by atoms with Crippen LogP contribution in [0.1, 0.15) is 31.2 Å². The summed E-state index contributed by atoms with van der Waals surface area (Å²) in [6.45, 7) is 2.06. The molecule has 1 saturated carbocycles. The Kier molecular flexibility index (Phi) is 6.38. The Morgan fingerprint density at radius 2 is 1.93 bits per heavy atom. The summed E-state index contributed by atoms with van der Waals surface area (Å²) in [5.41, 5.74) is 3.07. The third-order valence-electron chi connectivity index (χ3n) is 5.29. The molecule has 2 aromatic carbocycles. The summed E-state index contributed by atoms with van der Waals surface area (Å²) in [5.74, 6) is 1.91. The number of hydrogen-bond donors (Lipinski definition) is 1. The van der Waals surface area contributed by atoms with Gasteiger partial charge in [-0.1, -0.05) is 48.4 Å². The molecule has 156 valence electrons. The van der Waals surface area contributed by atoms with Gasteiger partial charge in [-0.25, -0.2) is 0 Å². The first kappa shape index (κ1) is 20.5. The first-order chi connectivity index (χ1) is 14.6. The molecule has 6 nitrogen and oxygen atoms in total. The normalized spacial score (nSPS) is 14.1. The molecule has 1 aliphatic rings. The van der Waals surface area contributed by atoms with Crippen LogP contribution >= 0.6 is 11.8 Å². The van der Waals surface area contributed by atoms with Gasteiger partial charge in [0.1, 0.15) is 5.75 Å². The second kappa shape index (κ2) is 9.34. The number of aromatic nitrogens is 3. The van der Waals surface area contributed by atoms with Crippen molar-refractivity contribution >= 4 is 17.7 Å². The van der Waals surface area contributed by atoms with Crippen LogP contribution in [0.15, 0.2) is 53.7 Å². The van der Waals surface area contributed by atoms with Gasteiger partial charge in [-0.05, 0) is 50.1 Å². The summed E-state index contributed by atoms with van der Waals surface area (Å²) in [7, 11) is 1.65. The Hall–Kier alpha value is -2.80. The number of methoxy groups -OCH3 is 1. The first-order valence-electron chi connectivity index (χ1n) is 10.2. The first-order valence-corrected chi connectivity index (χ1v) is 11.2. The van der Waals surface area contributed by atoms with Gasteiger partial charge >= 0.3 is 0 Å². The van der Waals surface area contributed by atoms with Crippen molar-refractivity contribution in [1.82, 2.24) is 20.1 Å². The average molecular weight is 423 g/mol. The Labute approximate surface area is 181 Å². The van der Waals surface area contributed by atoms with Crippen molar-refractivity contribution in [2.75, 3.05) is 12.9 Å². The van der Waals surface area contributed by atoms with Gasteiger partial charge in [-0.3, -0.25) is 9.36 Å². The predicted molar refractivity (Wildman–Crippen MR) is 119 cm³/mol. The number of aryl methyl sites for hydroxylation is 1. The molecular formula is C23H26N4O2S. The number of rotatable bonds is 7. The lowest BCUT2D eigenvalue weighted by Crippen LogP contribution is -2.33. The van der Waals surface area contributed by atoms with Gasteiger partial charge < -0.3 is 10.1 Å². The van der Waals surface area contributed by atoms with Crippen molar-refractivity contribution in [3.8, 4) is 22.8 Å². The van der Waals surface area contributed by atoms with Gasteiger partial charge in [-0.15, -0.1) is 10.2 Å². The van der Waals surface area contributed by atoms with E-state index < -0.39 is 0 Å². The van der Waals surface area contributed by atoms with Crippen molar-refractivity contribution in [2.45, 2.75) is 43.8 Å².